The van der Waals surface area contributed by atoms with Crippen LogP contribution in [0.3, 0.4) is 0 Å². The average molecular weight is 343 g/mol. The summed E-state index contributed by atoms with van der Waals surface area (Å²) in [4.78, 5) is 17.9. The van der Waals surface area contributed by atoms with E-state index >= 15 is 0 Å². The summed E-state index contributed by atoms with van der Waals surface area (Å²) in [5.41, 5.74) is 3.37. The number of aromatic nitrogens is 1. The fourth-order valence-electron chi connectivity index (χ4n) is 2.94. The fourth-order valence-corrected chi connectivity index (χ4v) is 2.94. The van der Waals surface area contributed by atoms with Crippen molar-refractivity contribution in [1.82, 2.24) is 4.73 Å². The average Bonchev–Trinajstić information content (AvgIpc) is 2.69. The molecule has 0 spiro atoms. The highest BCUT2D eigenvalue weighted by Crippen LogP contribution is 2.22. The Labute approximate surface area is 150 Å². The second kappa shape index (κ2) is 6.76. The quantitative estimate of drug-likeness (QED) is 0.609. The van der Waals surface area contributed by atoms with Gasteiger partial charge in [0.15, 0.2) is 0 Å². The summed E-state index contributed by atoms with van der Waals surface area (Å²) in [6, 6.07) is 26.4. The van der Waals surface area contributed by atoms with Gasteiger partial charge in [0, 0.05) is 11.5 Å². The monoisotopic (exact) mass is 343 g/mol. The van der Waals surface area contributed by atoms with Gasteiger partial charge in [0.2, 0.25) is 0 Å². The van der Waals surface area contributed by atoms with Crippen LogP contribution in [0.15, 0.2) is 89.7 Å². The summed E-state index contributed by atoms with van der Waals surface area (Å²) >= 11 is 0. The van der Waals surface area contributed by atoms with E-state index in [9.17, 15) is 9.90 Å². The lowest BCUT2D eigenvalue weighted by molar-refractivity contribution is 0.0990. The lowest BCUT2D eigenvalue weighted by atomic mass is 10.0. The summed E-state index contributed by atoms with van der Waals surface area (Å²) < 4.78 is 1.22. The Morgan fingerprint density at radius 2 is 1.46 bits per heavy atom. The van der Waals surface area contributed by atoms with Gasteiger partial charge in [-0.05, 0) is 28.8 Å². The maximum absolute atomic E-state index is 12.2. The SMILES string of the molecule is O=c1cc(O)c2ccccc2n1OCc1ccc(-c2ccccc2)cc1. The summed E-state index contributed by atoms with van der Waals surface area (Å²) in [5.74, 6) is -0.0438. The summed E-state index contributed by atoms with van der Waals surface area (Å²) in [6.45, 7) is 0.254. The number of rotatable bonds is 4. The van der Waals surface area contributed by atoms with Gasteiger partial charge in [0.05, 0.1) is 5.52 Å². The second-order valence-electron chi connectivity index (χ2n) is 6.02. The predicted molar refractivity (Wildman–Crippen MR) is 102 cm³/mol. The van der Waals surface area contributed by atoms with Crippen LogP contribution < -0.4 is 10.4 Å². The van der Waals surface area contributed by atoms with Crippen LogP contribution in [0.25, 0.3) is 22.0 Å². The van der Waals surface area contributed by atoms with Crippen LogP contribution in [0.4, 0.5) is 0 Å². The van der Waals surface area contributed by atoms with E-state index in [4.69, 9.17) is 4.84 Å². The highest BCUT2D eigenvalue weighted by atomic mass is 16.7. The zero-order valence-corrected chi connectivity index (χ0v) is 14.0. The van der Waals surface area contributed by atoms with Crippen molar-refractivity contribution >= 4 is 10.9 Å². The first-order valence-electron chi connectivity index (χ1n) is 8.34. The van der Waals surface area contributed by atoms with Crippen LogP contribution in [-0.4, -0.2) is 9.84 Å². The van der Waals surface area contributed by atoms with Crippen LogP contribution in [0, 0.1) is 0 Å². The van der Waals surface area contributed by atoms with Crippen molar-refractivity contribution in [3.05, 3.63) is 101 Å². The predicted octanol–water partition coefficient (Wildman–Crippen LogP) is 4.00. The van der Waals surface area contributed by atoms with E-state index in [0.717, 1.165) is 16.7 Å². The number of pyridine rings is 1. The minimum atomic E-state index is -0.401. The third kappa shape index (κ3) is 3.05. The molecule has 1 heterocycles. The summed E-state index contributed by atoms with van der Waals surface area (Å²) in [7, 11) is 0. The Kier molecular flexibility index (Phi) is 4.15. The molecule has 1 aromatic heterocycles. The van der Waals surface area contributed by atoms with Crippen molar-refractivity contribution < 1.29 is 9.94 Å². The lowest BCUT2D eigenvalue weighted by Crippen LogP contribution is -2.26. The minimum Gasteiger partial charge on any atom is -0.507 e. The van der Waals surface area contributed by atoms with Gasteiger partial charge in [-0.3, -0.25) is 4.79 Å². The third-order valence-electron chi connectivity index (χ3n) is 4.28. The molecular weight excluding hydrogens is 326 g/mol. The van der Waals surface area contributed by atoms with E-state index in [0.29, 0.717) is 10.9 Å². The van der Waals surface area contributed by atoms with E-state index in [1.807, 2.05) is 42.5 Å². The van der Waals surface area contributed by atoms with E-state index in [1.54, 1.807) is 24.3 Å². The number of hydrogen-bond acceptors (Lipinski definition) is 3. The van der Waals surface area contributed by atoms with Gasteiger partial charge in [-0.25, -0.2) is 0 Å². The fraction of sp³-hybridized carbons (Fsp3) is 0.0455. The zero-order chi connectivity index (χ0) is 17.9. The molecule has 4 aromatic rings. The maximum Gasteiger partial charge on any atom is 0.287 e. The molecule has 0 fully saturated rings. The molecule has 4 heteroatoms. The van der Waals surface area contributed by atoms with Gasteiger partial charge < -0.3 is 9.94 Å². The summed E-state index contributed by atoms with van der Waals surface area (Å²) in [5, 5.41) is 10.5. The first kappa shape index (κ1) is 16.0. The Balaban J connectivity index is 1.58. The lowest BCUT2D eigenvalue weighted by Gasteiger charge is -2.12. The number of para-hydroxylation sites is 1. The van der Waals surface area contributed by atoms with Crippen LogP contribution in [0.5, 0.6) is 5.75 Å². The number of hydrogen-bond donors (Lipinski definition) is 1. The van der Waals surface area contributed by atoms with E-state index in [-0.39, 0.29) is 12.4 Å². The maximum atomic E-state index is 12.2. The summed E-state index contributed by atoms with van der Waals surface area (Å²) in [6.07, 6.45) is 0. The molecule has 0 radical (unpaired) electrons. The molecule has 4 nitrogen and oxygen atoms in total. The van der Waals surface area contributed by atoms with Crippen LogP contribution in [-0.2, 0) is 6.61 Å². The van der Waals surface area contributed by atoms with E-state index < -0.39 is 5.56 Å². The molecule has 0 saturated heterocycles. The second-order valence-corrected chi connectivity index (χ2v) is 6.02. The molecule has 0 bridgehead atoms. The number of fused-ring (bicyclic) bond motifs is 1. The van der Waals surface area contributed by atoms with Gasteiger partial charge in [-0.1, -0.05) is 66.7 Å². The van der Waals surface area contributed by atoms with Gasteiger partial charge in [-0.15, -0.1) is 4.73 Å². The number of nitrogens with zero attached hydrogens (tertiary/aromatic N) is 1. The molecular formula is C22H17NO3. The Morgan fingerprint density at radius 1 is 0.808 bits per heavy atom. The molecule has 0 unspecified atom stereocenters. The normalized spacial score (nSPS) is 10.8. The Bertz CT molecular complexity index is 1100. The first-order valence-corrected chi connectivity index (χ1v) is 8.34. The van der Waals surface area contributed by atoms with Crippen LogP contribution >= 0.6 is 0 Å². The van der Waals surface area contributed by atoms with Crippen molar-refractivity contribution in [1.29, 1.82) is 0 Å². The molecule has 0 atom stereocenters. The van der Waals surface area contributed by atoms with Gasteiger partial charge in [-0.2, -0.15) is 0 Å². The Hall–Kier alpha value is -3.53. The Morgan fingerprint density at radius 3 is 2.23 bits per heavy atom. The van der Waals surface area contributed by atoms with Gasteiger partial charge in [0.1, 0.15) is 12.4 Å². The molecule has 128 valence electrons. The highest BCUT2D eigenvalue weighted by Gasteiger charge is 2.08. The minimum absolute atomic E-state index is 0.0438. The van der Waals surface area contributed by atoms with Crippen molar-refractivity contribution in [3.63, 3.8) is 0 Å². The van der Waals surface area contributed by atoms with E-state index in [1.165, 1.54) is 10.8 Å². The number of benzene rings is 3. The highest BCUT2D eigenvalue weighted by molar-refractivity contribution is 5.84. The van der Waals surface area contributed by atoms with Crippen molar-refractivity contribution in [3.8, 4) is 16.9 Å². The number of aromatic hydroxyl groups is 1. The van der Waals surface area contributed by atoms with Gasteiger partial charge in [0.25, 0.3) is 5.56 Å². The zero-order valence-electron chi connectivity index (χ0n) is 14.0. The molecule has 1 N–H and O–H groups in total. The molecule has 3 aromatic carbocycles. The van der Waals surface area contributed by atoms with Crippen molar-refractivity contribution in [2.24, 2.45) is 0 Å². The molecule has 4 rings (SSSR count). The van der Waals surface area contributed by atoms with E-state index in [2.05, 4.69) is 12.1 Å². The van der Waals surface area contributed by atoms with Crippen molar-refractivity contribution in [2.75, 3.05) is 0 Å². The standard InChI is InChI=1S/C22H17NO3/c24-21-14-22(25)23(20-9-5-4-8-19(20)21)26-15-16-10-12-18(13-11-16)17-6-2-1-3-7-17/h1-14,24H,15H2. The molecule has 0 aliphatic rings. The molecule has 26 heavy (non-hydrogen) atoms. The molecule has 0 aliphatic heterocycles. The topological polar surface area (TPSA) is 51.5 Å². The first-order chi connectivity index (χ1) is 12.7. The smallest absolute Gasteiger partial charge is 0.287 e. The molecule has 0 saturated carbocycles. The van der Waals surface area contributed by atoms with Crippen LogP contribution in [0.2, 0.25) is 0 Å². The molecule has 0 amide bonds. The van der Waals surface area contributed by atoms with Crippen molar-refractivity contribution in [2.45, 2.75) is 6.61 Å². The third-order valence-corrected chi connectivity index (χ3v) is 4.28. The molecule has 0 aliphatic carbocycles. The largest absolute Gasteiger partial charge is 0.507 e. The van der Waals surface area contributed by atoms with Gasteiger partial charge >= 0.3 is 0 Å². The van der Waals surface area contributed by atoms with Crippen LogP contribution in [0.1, 0.15) is 5.56 Å².